The van der Waals surface area contributed by atoms with Crippen molar-refractivity contribution in [2.45, 2.75) is 63.0 Å². The van der Waals surface area contributed by atoms with E-state index < -0.39 is 9.84 Å². The Kier molecular flexibility index (Phi) is 5.68. The summed E-state index contributed by atoms with van der Waals surface area (Å²) in [5.74, 6) is 0.260. The van der Waals surface area contributed by atoms with Gasteiger partial charge in [0.2, 0.25) is 0 Å². The molecule has 1 saturated carbocycles. The van der Waals surface area contributed by atoms with Crippen molar-refractivity contribution in [1.82, 2.24) is 4.90 Å². The highest BCUT2D eigenvalue weighted by Gasteiger charge is 2.36. The summed E-state index contributed by atoms with van der Waals surface area (Å²) in [7, 11) is -2.95. The van der Waals surface area contributed by atoms with E-state index in [0.717, 1.165) is 39.0 Å². The third-order valence-electron chi connectivity index (χ3n) is 5.10. The van der Waals surface area contributed by atoms with Gasteiger partial charge in [0.1, 0.15) is 9.84 Å². The zero-order chi connectivity index (χ0) is 15.6. The van der Waals surface area contributed by atoms with Gasteiger partial charge in [-0.2, -0.15) is 0 Å². The van der Waals surface area contributed by atoms with Crippen molar-refractivity contribution >= 4 is 9.84 Å². The maximum absolute atomic E-state index is 11.8. The van der Waals surface area contributed by atoms with Crippen molar-refractivity contribution in [3.63, 3.8) is 0 Å². The van der Waals surface area contributed by atoms with Crippen molar-refractivity contribution in [1.29, 1.82) is 0 Å². The third kappa shape index (κ3) is 4.41. The summed E-state index contributed by atoms with van der Waals surface area (Å²) in [6, 6.07) is 0.440. The molecule has 0 aromatic heterocycles. The Hall–Kier alpha value is -0.170. The Labute approximate surface area is 129 Å². The third-order valence-corrected chi connectivity index (χ3v) is 6.74. The second-order valence-electron chi connectivity index (χ2n) is 6.95. The van der Waals surface area contributed by atoms with Gasteiger partial charge in [0.15, 0.2) is 0 Å². The molecule has 2 fully saturated rings. The van der Waals surface area contributed by atoms with Crippen LogP contribution < -0.4 is 5.73 Å². The Morgan fingerprint density at radius 1 is 1.29 bits per heavy atom. The molecule has 5 nitrogen and oxygen atoms in total. The highest BCUT2D eigenvalue weighted by Crippen LogP contribution is 2.32. The molecule has 1 aliphatic carbocycles. The molecule has 1 saturated heterocycles. The first-order valence-corrected chi connectivity index (χ1v) is 10.0. The van der Waals surface area contributed by atoms with Gasteiger partial charge in [-0.3, -0.25) is 4.90 Å². The fraction of sp³-hybridized carbons (Fsp3) is 1.00. The lowest BCUT2D eigenvalue weighted by Gasteiger charge is -2.41. The van der Waals surface area contributed by atoms with Crippen molar-refractivity contribution in [2.75, 3.05) is 26.0 Å². The van der Waals surface area contributed by atoms with Crippen LogP contribution in [0.25, 0.3) is 0 Å². The van der Waals surface area contributed by atoms with E-state index in [-0.39, 0.29) is 23.3 Å². The van der Waals surface area contributed by atoms with Crippen LogP contribution in [0.1, 0.15) is 39.5 Å². The van der Waals surface area contributed by atoms with Crippen LogP contribution in [-0.4, -0.2) is 62.7 Å². The lowest BCUT2D eigenvalue weighted by atomic mass is 9.81. The van der Waals surface area contributed by atoms with Crippen LogP contribution in [0.4, 0.5) is 0 Å². The molecule has 2 N–H and O–H groups in total. The molecule has 124 valence electrons. The fourth-order valence-corrected chi connectivity index (χ4v) is 4.81. The van der Waals surface area contributed by atoms with Crippen LogP contribution in [0.3, 0.4) is 0 Å². The maximum atomic E-state index is 11.8. The Bertz CT molecular complexity index is 438. The maximum Gasteiger partial charge on any atom is 0.150 e. The minimum absolute atomic E-state index is 0.0319. The van der Waals surface area contributed by atoms with Crippen LogP contribution in [0, 0.1) is 5.92 Å². The van der Waals surface area contributed by atoms with Gasteiger partial charge in [0.25, 0.3) is 0 Å². The molecule has 0 aromatic rings. The predicted molar refractivity (Wildman–Crippen MR) is 85.0 cm³/mol. The highest BCUT2D eigenvalue weighted by molar-refractivity contribution is 7.91. The molecule has 1 aliphatic heterocycles. The van der Waals surface area contributed by atoms with Gasteiger partial charge in [0, 0.05) is 31.4 Å². The van der Waals surface area contributed by atoms with E-state index in [4.69, 9.17) is 10.5 Å². The number of hydrogen-bond acceptors (Lipinski definition) is 5. The summed E-state index contributed by atoms with van der Waals surface area (Å²) in [5.41, 5.74) is 6.44. The minimum Gasteiger partial charge on any atom is -0.374 e. The number of hydrogen-bond donors (Lipinski definition) is 1. The van der Waals surface area contributed by atoms with Gasteiger partial charge < -0.3 is 10.5 Å². The molecular formula is C15H30N2O3S. The van der Waals surface area contributed by atoms with Gasteiger partial charge in [-0.25, -0.2) is 8.42 Å². The molecule has 0 spiro atoms. The Balaban J connectivity index is 1.97. The molecule has 2 aliphatic rings. The first-order chi connectivity index (χ1) is 9.79. The molecule has 0 bridgehead atoms. The molecule has 0 radical (unpaired) electrons. The second kappa shape index (κ2) is 6.94. The molecule has 4 atom stereocenters. The summed E-state index contributed by atoms with van der Waals surface area (Å²) in [5, 5.41) is -0.216. The average Bonchev–Trinajstić information content (AvgIpc) is 2.46. The van der Waals surface area contributed by atoms with Crippen LogP contribution >= 0.6 is 0 Å². The summed E-state index contributed by atoms with van der Waals surface area (Å²) in [6.45, 7) is 6.91. The summed E-state index contributed by atoms with van der Waals surface area (Å²) < 4.78 is 29.5. The predicted octanol–water partition coefficient (Wildman–Crippen LogP) is 1.03. The number of nitrogens with zero attached hydrogens (tertiary/aromatic N) is 1. The topological polar surface area (TPSA) is 72.6 Å². The number of sulfone groups is 1. The smallest absolute Gasteiger partial charge is 0.150 e. The van der Waals surface area contributed by atoms with Crippen molar-refractivity contribution < 1.29 is 13.2 Å². The lowest BCUT2D eigenvalue weighted by Crippen LogP contribution is -2.55. The molecule has 21 heavy (non-hydrogen) atoms. The largest absolute Gasteiger partial charge is 0.374 e. The van der Waals surface area contributed by atoms with Gasteiger partial charge >= 0.3 is 0 Å². The summed E-state index contributed by atoms with van der Waals surface area (Å²) >= 11 is 0. The molecular weight excluding hydrogens is 288 g/mol. The van der Waals surface area contributed by atoms with E-state index in [1.165, 1.54) is 6.26 Å². The number of rotatable bonds is 4. The zero-order valence-electron chi connectivity index (χ0n) is 13.5. The van der Waals surface area contributed by atoms with E-state index in [1.54, 1.807) is 0 Å². The van der Waals surface area contributed by atoms with Gasteiger partial charge in [-0.05, 0) is 39.0 Å². The van der Waals surface area contributed by atoms with Crippen LogP contribution in [-0.2, 0) is 14.6 Å². The second-order valence-corrected chi connectivity index (χ2v) is 9.28. The van der Waals surface area contributed by atoms with Gasteiger partial charge in [-0.15, -0.1) is 0 Å². The standard InChI is InChI=1S/C15H30N2O3S/c1-11(2)17-7-8-20-14(10-17)15(16)12-5-4-6-13(9-12)21(3,18)19/h11-15H,4-10,16H2,1-3H3. The first-order valence-electron chi connectivity index (χ1n) is 8.09. The van der Waals surface area contributed by atoms with Crippen molar-refractivity contribution in [3.8, 4) is 0 Å². The van der Waals surface area contributed by atoms with Gasteiger partial charge in [0.05, 0.1) is 18.0 Å². The van der Waals surface area contributed by atoms with Crippen LogP contribution in [0.2, 0.25) is 0 Å². The number of morpholine rings is 1. The highest BCUT2D eigenvalue weighted by atomic mass is 32.2. The molecule has 0 amide bonds. The normalized spacial score (nSPS) is 34.0. The first kappa shape index (κ1) is 17.2. The molecule has 2 rings (SSSR count). The van der Waals surface area contributed by atoms with Crippen molar-refractivity contribution in [3.05, 3.63) is 0 Å². The van der Waals surface area contributed by atoms with Crippen molar-refractivity contribution in [2.24, 2.45) is 11.7 Å². The van der Waals surface area contributed by atoms with E-state index in [1.807, 2.05) is 0 Å². The van der Waals surface area contributed by atoms with E-state index >= 15 is 0 Å². The SMILES string of the molecule is CC(C)N1CCOC(C(N)C2CCCC(S(C)(=O)=O)C2)C1. The lowest BCUT2D eigenvalue weighted by molar-refractivity contribution is -0.0601. The Morgan fingerprint density at radius 3 is 2.62 bits per heavy atom. The van der Waals surface area contributed by atoms with E-state index in [0.29, 0.717) is 12.5 Å². The quantitative estimate of drug-likeness (QED) is 0.838. The van der Waals surface area contributed by atoms with Crippen LogP contribution in [0.15, 0.2) is 0 Å². The number of nitrogens with two attached hydrogens (primary N) is 1. The average molecular weight is 318 g/mol. The zero-order valence-corrected chi connectivity index (χ0v) is 14.3. The molecule has 0 aromatic carbocycles. The van der Waals surface area contributed by atoms with E-state index in [9.17, 15) is 8.42 Å². The summed E-state index contributed by atoms with van der Waals surface area (Å²) in [6.07, 6.45) is 4.84. The molecule has 4 unspecified atom stereocenters. The molecule has 1 heterocycles. The molecule has 6 heteroatoms. The van der Waals surface area contributed by atoms with Crippen LogP contribution in [0.5, 0.6) is 0 Å². The fourth-order valence-electron chi connectivity index (χ4n) is 3.62. The monoisotopic (exact) mass is 318 g/mol. The summed E-state index contributed by atoms with van der Waals surface area (Å²) in [4.78, 5) is 2.39. The van der Waals surface area contributed by atoms with Gasteiger partial charge in [-0.1, -0.05) is 6.42 Å². The Morgan fingerprint density at radius 2 is 2.00 bits per heavy atom. The number of ether oxygens (including phenoxy) is 1. The van der Waals surface area contributed by atoms with E-state index in [2.05, 4.69) is 18.7 Å². The minimum atomic E-state index is -2.95.